The number of rotatable bonds is 7. The Bertz CT molecular complexity index is 1050. The number of nitrogens with zero attached hydrogens (tertiary/aromatic N) is 1. The van der Waals surface area contributed by atoms with E-state index in [9.17, 15) is 29.7 Å². The van der Waals surface area contributed by atoms with Crippen LogP contribution in [0, 0.1) is 11.8 Å². The SMILES string of the molecule is C=C(O)c1cccc(NC(=O)[C@@H]2C[C@H](SC3=C(C(=O)O)N4C(=O)[C@H]([C@@H](C)O)[C@H]4[C@H]3C)CN2)c1. The lowest BCUT2D eigenvalue weighted by Gasteiger charge is -2.46. The predicted molar refractivity (Wildman–Crippen MR) is 124 cm³/mol. The van der Waals surface area contributed by atoms with E-state index in [1.54, 1.807) is 31.2 Å². The number of thioether (sulfide) groups is 1. The molecule has 10 heteroatoms. The van der Waals surface area contributed by atoms with E-state index in [1.165, 1.54) is 16.7 Å². The number of β-lactam (4-membered cyclic amide) rings is 1. The van der Waals surface area contributed by atoms with E-state index >= 15 is 0 Å². The Hall–Kier alpha value is -2.82. The van der Waals surface area contributed by atoms with E-state index in [0.29, 0.717) is 29.1 Å². The van der Waals surface area contributed by atoms with Gasteiger partial charge in [0, 0.05) is 33.9 Å². The zero-order chi connectivity index (χ0) is 24.0. The van der Waals surface area contributed by atoms with Gasteiger partial charge in [-0.05, 0) is 25.5 Å². The number of carbonyl (C=O) groups is 3. The number of hydrogen-bond acceptors (Lipinski definition) is 7. The number of aliphatic hydroxyl groups excluding tert-OH is 2. The van der Waals surface area contributed by atoms with Crippen molar-refractivity contribution in [2.24, 2.45) is 11.8 Å². The molecule has 0 saturated carbocycles. The van der Waals surface area contributed by atoms with Gasteiger partial charge < -0.3 is 30.9 Å². The van der Waals surface area contributed by atoms with Crippen LogP contribution in [0.4, 0.5) is 5.69 Å². The summed E-state index contributed by atoms with van der Waals surface area (Å²) < 4.78 is 0. The lowest BCUT2D eigenvalue weighted by molar-refractivity contribution is -0.163. The van der Waals surface area contributed by atoms with Crippen LogP contribution in [-0.2, 0) is 14.4 Å². The quantitative estimate of drug-likeness (QED) is 0.298. The van der Waals surface area contributed by atoms with Crippen molar-refractivity contribution in [2.45, 2.75) is 43.7 Å². The molecular weight excluding hydrogens is 446 g/mol. The summed E-state index contributed by atoms with van der Waals surface area (Å²) in [6.07, 6.45) is -0.354. The number of aliphatic hydroxyl groups is 2. The molecule has 2 fully saturated rings. The number of benzene rings is 1. The number of nitrogens with one attached hydrogen (secondary N) is 2. The van der Waals surface area contributed by atoms with Crippen LogP contribution in [-0.4, -0.2) is 68.0 Å². The fraction of sp³-hybridized carbons (Fsp3) is 0.435. The van der Waals surface area contributed by atoms with E-state index < -0.39 is 24.0 Å². The fourth-order valence-electron chi connectivity index (χ4n) is 4.86. The molecule has 0 unspecified atom stereocenters. The zero-order valence-electron chi connectivity index (χ0n) is 18.3. The highest BCUT2D eigenvalue weighted by molar-refractivity contribution is 8.03. The van der Waals surface area contributed by atoms with Gasteiger partial charge in [-0.1, -0.05) is 25.6 Å². The van der Waals surface area contributed by atoms with Crippen LogP contribution >= 0.6 is 11.8 Å². The second-order valence-corrected chi connectivity index (χ2v) is 10.1. The minimum atomic E-state index is -1.16. The van der Waals surface area contributed by atoms with Crippen molar-refractivity contribution in [3.63, 3.8) is 0 Å². The number of fused-ring (bicyclic) bond motifs is 1. The highest BCUT2D eigenvalue weighted by Crippen LogP contribution is 2.51. The van der Waals surface area contributed by atoms with Crippen LogP contribution in [0.5, 0.6) is 0 Å². The number of amides is 2. The van der Waals surface area contributed by atoms with Gasteiger partial charge in [-0.3, -0.25) is 9.59 Å². The van der Waals surface area contributed by atoms with Gasteiger partial charge in [-0.2, -0.15) is 0 Å². The molecule has 5 N–H and O–H groups in total. The van der Waals surface area contributed by atoms with Gasteiger partial charge in [0.15, 0.2) is 0 Å². The summed E-state index contributed by atoms with van der Waals surface area (Å²) >= 11 is 1.39. The third-order valence-corrected chi connectivity index (χ3v) is 7.99. The first-order valence-electron chi connectivity index (χ1n) is 10.8. The van der Waals surface area contributed by atoms with E-state index in [2.05, 4.69) is 17.2 Å². The molecule has 2 saturated heterocycles. The second-order valence-electron chi connectivity index (χ2n) is 8.73. The van der Waals surface area contributed by atoms with Crippen LogP contribution < -0.4 is 10.6 Å². The molecule has 176 valence electrons. The Kier molecular flexibility index (Phi) is 6.26. The molecule has 0 bridgehead atoms. The number of hydrogen-bond donors (Lipinski definition) is 5. The normalized spacial score (nSPS) is 29.5. The summed E-state index contributed by atoms with van der Waals surface area (Å²) in [5.74, 6) is -2.63. The molecule has 0 aliphatic carbocycles. The van der Waals surface area contributed by atoms with Gasteiger partial charge in [-0.25, -0.2) is 4.79 Å². The Labute approximate surface area is 195 Å². The topological polar surface area (TPSA) is 139 Å². The number of anilines is 1. The minimum Gasteiger partial charge on any atom is -0.508 e. The van der Waals surface area contributed by atoms with Crippen LogP contribution in [0.25, 0.3) is 5.76 Å². The van der Waals surface area contributed by atoms with Crippen molar-refractivity contribution < 1.29 is 29.7 Å². The first-order chi connectivity index (χ1) is 15.6. The maximum atomic E-state index is 12.7. The molecule has 0 radical (unpaired) electrons. The molecule has 2 amide bonds. The minimum absolute atomic E-state index is 0.00616. The van der Waals surface area contributed by atoms with E-state index in [1.807, 2.05) is 6.92 Å². The molecule has 3 aliphatic heterocycles. The van der Waals surface area contributed by atoms with E-state index in [-0.39, 0.29) is 40.5 Å². The van der Waals surface area contributed by atoms with Crippen LogP contribution in [0.1, 0.15) is 25.8 Å². The lowest BCUT2D eigenvalue weighted by Crippen LogP contribution is -2.63. The van der Waals surface area contributed by atoms with Gasteiger partial charge in [0.25, 0.3) is 0 Å². The van der Waals surface area contributed by atoms with Gasteiger partial charge in [-0.15, -0.1) is 11.8 Å². The molecular formula is C23H27N3O6S. The molecule has 4 rings (SSSR count). The van der Waals surface area contributed by atoms with E-state index in [4.69, 9.17) is 0 Å². The molecule has 1 aromatic rings. The monoisotopic (exact) mass is 473 g/mol. The van der Waals surface area contributed by atoms with Gasteiger partial charge in [0.2, 0.25) is 11.8 Å². The number of aliphatic carboxylic acids is 1. The molecule has 6 atom stereocenters. The average Bonchev–Trinajstić information content (AvgIpc) is 3.30. The van der Waals surface area contributed by atoms with Crippen molar-refractivity contribution >= 4 is 41.0 Å². The molecule has 0 aromatic heterocycles. The Morgan fingerprint density at radius 3 is 2.70 bits per heavy atom. The smallest absolute Gasteiger partial charge is 0.353 e. The molecule has 1 aromatic carbocycles. The first kappa shape index (κ1) is 23.3. The summed E-state index contributed by atoms with van der Waals surface area (Å²) in [5, 5.41) is 35.3. The van der Waals surface area contributed by atoms with Gasteiger partial charge >= 0.3 is 5.97 Å². The van der Waals surface area contributed by atoms with Crippen molar-refractivity contribution in [3.8, 4) is 0 Å². The Morgan fingerprint density at radius 2 is 2.06 bits per heavy atom. The third-order valence-electron chi connectivity index (χ3n) is 6.48. The number of carbonyl (C=O) groups excluding carboxylic acids is 2. The molecule has 9 nitrogen and oxygen atoms in total. The number of carboxylic acid groups (broad SMARTS) is 1. The summed E-state index contributed by atoms with van der Waals surface area (Å²) in [7, 11) is 0. The third kappa shape index (κ3) is 4.14. The average molecular weight is 474 g/mol. The lowest BCUT2D eigenvalue weighted by atomic mass is 9.79. The highest BCUT2D eigenvalue weighted by atomic mass is 32.2. The van der Waals surface area contributed by atoms with Crippen molar-refractivity contribution in [1.82, 2.24) is 10.2 Å². The highest BCUT2D eigenvalue weighted by Gasteiger charge is 2.60. The first-order valence-corrected chi connectivity index (χ1v) is 11.7. The summed E-state index contributed by atoms with van der Waals surface area (Å²) in [6.45, 7) is 7.43. The van der Waals surface area contributed by atoms with E-state index in [0.717, 1.165) is 0 Å². The zero-order valence-corrected chi connectivity index (χ0v) is 19.1. The van der Waals surface area contributed by atoms with Crippen molar-refractivity contribution in [3.05, 3.63) is 47.0 Å². The van der Waals surface area contributed by atoms with Crippen LogP contribution in [0.2, 0.25) is 0 Å². The molecule has 3 heterocycles. The number of carboxylic acids is 1. The van der Waals surface area contributed by atoms with Crippen LogP contribution in [0.3, 0.4) is 0 Å². The second kappa shape index (κ2) is 8.85. The standard InChI is InChI=1S/C23H27N3O6S/c1-10-18-17(12(3)28)22(30)26(18)19(23(31)32)20(10)33-15-8-16(24-9-15)21(29)25-14-6-4-5-13(7-14)11(2)27/h4-7,10,12,15-18,24,27-28H,2,8-9H2,1,3H3,(H,25,29)(H,31,32)/t10-,12-,15+,16+,17-,18-/m1/s1. The maximum absolute atomic E-state index is 12.7. The predicted octanol–water partition coefficient (Wildman–Crippen LogP) is 1.77. The van der Waals surface area contributed by atoms with Crippen molar-refractivity contribution in [2.75, 3.05) is 11.9 Å². The molecule has 33 heavy (non-hydrogen) atoms. The molecule has 3 aliphatic rings. The van der Waals surface area contributed by atoms with Gasteiger partial charge in [0.1, 0.15) is 11.5 Å². The molecule has 0 spiro atoms. The van der Waals surface area contributed by atoms with Crippen LogP contribution in [0.15, 0.2) is 41.4 Å². The summed E-state index contributed by atoms with van der Waals surface area (Å²) in [4.78, 5) is 39.1. The summed E-state index contributed by atoms with van der Waals surface area (Å²) in [6, 6.07) is 5.93. The Morgan fingerprint density at radius 1 is 1.33 bits per heavy atom. The van der Waals surface area contributed by atoms with Gasteiger partial charge in [0.05, 0.1) is 24.1 Å². The largest absolute Gasteiger partial charge is 0.508 e. The Balaban J connectivity index is 1.43. The van der Waals surface area contributed by atoms with Crippen molar-refractivity contribution in [1.29, 1.82) is 0 Å². The maximum Gasteiger partial charge on any atom is 0.353 e. The summed E-state index contributed by atoms with van der Waals surface area (Å²) in [5.41, 5.74) is 1.05. The fourth-order valence-corrected chi connectivity index (χ4v) is 6.34.